The Morgan fingerprint density at radius 3 is 2.59 bits per heavy atom. The van der Waals surface area contributed by atoms with Crippen molar-refractivity contribution in [1.82, 2.24) is 5.32 Å². The molecular weight excluding hydrogens is 230 g/mol. The normalized spacial score (nSPS) is 12.6. The van der Waals surface area contributed by atoms with Crippen molar-refractivity contribution in [1.29, 1.82) is 0 Å². The predicted molar refractivity (Wildman–Crippen MR) is 76.6 cm³/mol. The first kappa shape index (κ1) is 14.5. The number of unbranched alkanes of at least 4 members (excludes halogenated alkanes) is 4. The Labute approximate surface area is 111 Å². The molecular formula is C15H24ClN. The number of benzene rings is 1. The van der Waals surface area contributed by atoms with Crippen molar-refractivity contribution in [3.63, 3.8) is 0 Å². The molecule has 0 heterocycles. The zero-order valence-electron chi connectivity index (χ0n) is 11.0. The minimum absolute atomic E-state index is 0.440. The summed E-state index contributed by atoms with van der Waals surface area (Å²) >= 11 is 6.02. The monoisotopic (exact) mass is 253 g/mol. The molecule has 0 aliphatic carbocycles. The van der Waals surface area contributed by atoms with Crippen LogP contribution in [0.1, 0.15) is 57.1 Å². The van der Waals surface area contributed by atoms with E-state index >= 15 is 0 Å². The van der Waals surface area contributed by atoms with Gasteiger partial charge in [-0.05, 0) is 31.2 Å². The molecule has 1 unspecified atom stereocenters. The summed E-state index contributed by atoms with van der Waals surface area (Å²) in [5.74, 6) is 0. The van der Waals surface area contributed by atoms with E-state index in [9.17, 15) is 0 Å². The van der Waals surface area contributed by atoms with Crippen LogP contribution in [0.3, 0.4) is 0 Å². The second-order valence-electron chi connectivity index (χ2n) is 4.60. The third kappa shape index (κ3) is 5.56. The molecule has 1 aromatic rings. The molecule has 1 aromatic carbocycles. The molecule has 1 nitrogen and oxygen atoms in total. The molecule has 0 amide bonds. The van der Waals surface area contributed by atoms with Crippen LogP contribution in [0.2, 0.25) is 5.02 Å². The molecule has 17 heavy (non-hydrogen) atoms. The van der Waals surface area contributed by atoms with Crippen LogP contribution in [0.15, 0.2) is 24.3 Å². The quantitative estimate of drug-likeness (QED) is 0.646. The molecule has 0 spiro atoms. The molecule has 1 N–H and O–H groups in total. The maximum Gasteiger partial charge on any atom is 0.0409 e. The van der Waals surface area contributed by atoms with Crippen LogP contribution >= 0.6 is 11.6 Å². The fourth-order valence-electron chi connectivity index (χ4n) is 2.15. The van der Waals surface area contributed by atoms with E-state index in [1.54, 1.807) is 0 Å². The molecule has 0 saturated heterocycles. The molecule has 1 atom stereocenters. The minimum atomic E-state index is 0.440. The lowest BCUT2D eigenvalue weighted by molar-refractivity contribution is 0.501. The molecule has 96 valence electrons. The Balaban J connectivity index is 2.38. The van der Waals surface area contributed by atoms with Crippen molar-refractivity contribution in [2.24, 2.45) is 0 Å². The lowest BCUT2D eigenvalue weighted by Gasteiger charge is -2.16. The maximum absolute atomic E-state index is 6.02. The summed E-state index contributed by atoms with van der Waals surface area (Å²) in [6, 6.07) is 8.61. The second kappa shape index (κ2) is 8.54. The number of halogens is 1. The van der Waals surface area contributed by atoms with Crippen LogP contribution in [0.5, 0.6) is 0 Å². The molecule has 1 rings (SSSR count). The first-order valence-electron chi connectivity index (χ1n) is 6.70. The second-order valence-corrected chi connectivity index (χ2v) is 5.04. The van der Waals surface area contributed by atoms with Gasteiger partial charge in [-0.3, -0.25) is 0 Å². The number of hydrogen-bond acceptors (Lipinski definition) is 1. The van der Waals surface area contributed by atoms with E-state index in [-0.39, 0.29) is 0 Å². The highest BCUT2D eigenvalue weighted by atomic mass is 35.5. The number of rotatable bonds is 8. The van der Waals surface area contributed by atoms with Gasteiger partial charge in [0.05, 0.1) is 0 Å². The molecule has 0 bridgehead atoms. The van der Waals surface area contributed by atoms with Gasteiger partial charge >= 0.3 is 0 Å². The van der Waals surface area contributed by atoms with Crippen molar-refractivity contribution in [2.45, 2.75) is 51.5 Å². The van der Waals surface area contributed by atoms with Gasteiger partial charge in [0.1, 0.15) is 0 Å². The third-order valence-electron chi connectivity index (χ3n) is 3.20. The van der Waals surface area contributed by atoms with Crippen LogP contribution < -0.4 is 5.32 Å². The van der Waals surface area contributed by atoms with Gasteiger partial charge in [0.15, 0.2) is 0 Å². The highest BCUT2D eigenvalue weighted by Gasteiger charge is 2.08. The Hall–Kier alpha value is -0.530. The summed E-state index contributed by atoms with van der Waals surface area (Å²) in [7, 11) is 2.03. The summed E-state index contributed by atoms with van der Waals surface area (Å²) in [5.41, 5.74) is 1.30. The molecule has 0 fully saturated rings. The lowest BCUT2D eigenvalue weighted by Crippen LogP contribution is -2.16. The summed E-state index contributed by atoms with van der Waals surface area (Å²) in [4.78, 5) is 0. The van der Waals surface area contributed by atoms with E-state index in [1.807, 2.05) is 19.2 Å². The fraction of sp³-hybridized carbons (Fsp3) is 0.600. The zero-order valence-corrected chi connectivity index (χ0v) is 11.8. The SMILES string of the molecule is CCCCCCCC(NC)c1cccc(Cl)c1. The Morgan fingerprint density at radius 1 is 1.18 bits per heavy atom. The van der Waals surface area contributed by atoms with Crippen molar-refractivity contribution < 1.29 is 0 Å². The van der Waals surface area contributed by atoms with Crippen LogP contribution in [-0.2, 0) is 0 Å². The number of hydrogen-bond donors (Lipinski definition) is 1. The highest BCUT2D eigenvalue weighted by Crippen LogP contribution is 2.22. The van der Waals surface area contributed by atoms with E-state index in [0.29, 0.717) is 6.04 Å². The first-order chi connectivity index (χ1) is 8.27. The van der Waals surface area contributed by atoms with Crippen LogP contribution in [0.25, 0.3) is 0 Å². The number of nitrogens with one attached hydrogen (secondary N) is 1. The molecule has 0 aliphatic rings. The molecule has 0 aromatic heterocycles. The topological polar surface area (TPSA) is 12.0 Å². The highest BCUT2D eigenvalue weighted by molar-refractivity contribution is 6.30. The third-order valence-corrected chi connectivity index (χ3v) is 3.43. The van der Waals surface area contributed by atoms with Crippen molar-refractivity contribution >= 4 is 11.6 Å². The van der Waals surface area contributed by atoms with Crippen LogP contribution in [0, 0.1) is 0 Å². The molecule has 0 aliphatic heterocycles. The fourth-order valence-corrected chi connectivity index (χ4v) is 2.35. The van der Waals surface area contributed by atoms with Gasteiger partial charge in [0.2, 0.25) is 0 Å². The van der Waals surface area contributed by atoms with Crippen LogP contribution in [0.4, 0.5) is 0 Å². The summed E-state index contributed by atoms with van der Waals surface area (Å²) in [6.45, 7) is 2.25. The summed E-state index contributed by atoms with van der Waals surface area (Å²) in [5, 5.41) is 4.21. The van der Waals surface area contributed by atoms with E-state index in [4.69, 9.17) is 11.6 Å². The van der Waals surface area contributed by atoms with Gasteiger partial charge in [0, 0.05) is 11.1 Å². The van der Waals surface area contributed by atoms with E-state index in [2.05, 4.69) is 24.4 Å². The van der Waals surface area contributed by atoms with Crippen molar-refractivity contribution in [3.8, 4) is 0 Å². The van der Waals surface area contributed by atoms with Gasteiger partial charge in [-0.15, -0.1) is 0 Å². The van der Waals surface area contributed by atoms with Crippen LogP contribution in [-0.4, -0.2) is 7.05 Å². The van der Waals surface area contributed by atoms with Gasteiger partial charge in [0.25, 0.3) is 0 Å². The smallest absolute Gasteiger partial charge is 0.0409 e. The van der Waals surface area contributed by atoms with E-state index < -0.39 is 0 Å². The average molecular weight is 254 g/mol. The average Bonchev–Trinajstić information content (AvgIpc) is 2.34. The molecule has 2 heteroatoms. The molecule has 0 saturated carbocycles. The van der Waals surface area contributed by atoms with Gasteiger partial charge < -0.3 is 5.32 Å². The molecule has 0 radical (unpaired) electrons. The zero-order chi connectivity index (χ0) is 12.5. The Kier molecular flexibility index (Phi) is 7.30. The lowest BCUT2D eigenvalue weighted by atomic mass is 10.00. The Morgan fingerprint density at radius 2 is 1.94 bits per heavy atom. The first-order valence-corrected chi connectivity index (χ1v) is 7.08. The van der Waals surface area contributed by atoms with Gasteiger partial charge in [-0.1, -0.05) is 62.8 Å². The minimum Gasteiger partial charge on any atom is -0.313 e. The standard InChI is InChI=1S/C15H24ClN/c1-3-4-5-6-7-11-15(17-2)13-9-8-10-14(16)12-13/h8-10,12,15,17H,3-7,11H2,1-2H3. The van der Waals surface area contributed by atoms with Crippen molar-refractivity contribution in [2.75, 3.05) is 7.05 Å². The van der Waals surface area contributed by atoms with Crippen molar-refractivity contribution in [3.05, 3.63) is 34.9 Å². The summed E-state index contributed by atoms with van der Waals surface area (Å²) < 4.78 is 0. The van der Waals surface area contributed by atoms with E-state index in [0.717, 1.165) is 5.02 Å². The van der Waals surface area contributed by atoms with Gasteiger partial charge in [-0.25, -0.2) is 0 Å². The summed E-state index contributed by atoms with van der Waals surface area (Å²) in [6.07, 6.45) is 7.86. The van der Waals surface area contributed by atoms with Gasteiger partial charge in [-0.2, -0.15) is 0 Å². The Bertz CT molecular complexity index is 312. The van der Waals surface area contributed by atoms with E-state index in [1.165, 1.54) is 44.1 Å². The maximum atomic E-state index is 6.02. The largest absolute Gasteiger partial charge is 0.313 e. The predicted octanol–water partition coefficient (Wildman–Crippen LogP) is 4.96.